The zero-order valence-corrected chi connectivity index (χ0v) is 15.8. The maximum atomic E-state index is 2.38. The van der Waals surface area contributed by atoms with Crippen molar-refractivity contribution in [2.75, 3.05) is 0 Å². The molecule has 0 fully saturated rings. The van der Waals surface area contributed by atoms with Crippen LogP contribution in [0, 0.1) is 3.80 Å². The van der Waals surface area contributed by atoms with Crippen LogP contribution in [-0.2, 0) is 19.4 Å². The van der Waals surface area contributed by atoms with Crippen LogP contribution in [0.25, 0.3) is 0 Å². The first kappa shape index (κ1) is 15.2. The Morgan fingerprint density at radius 3 is 1.41 bits per heavy atom. The zero-order valence-electron chi connectivity index (χ0n) is 12.9. The average molecular weight is 460 g/mol. The summed E-state index contributed by atoms with van der Waals surface area (Å²) in [4.78, 5) is 0. The number of rotatable bonds is 4. The van der Waals surface area contributed by atoms with Gasteiger partial charge in [0.2, 0.25) is 0 Å². The van der Waals surface area contributed by atoms with E-state index >= 15 is 0 Å². The maximum absolute atomic E-state index is 2.38. The van der Waals surface area contributed by atoms with Gasteiger partial charge in [-0.2, -0.15) is 0 Å². The third kappa shape index (κ3) is 2.94. The second kappa shape index (κ2) is 6.62. The van der Waals surface area contributed by atoms with Gasteiger partial charge in [0.1, 0.15) is 0 Å². The molecule has 0 bridgehead atoms. The van der Waals surface area contributed by atoms with E-state index in [0.29, 0.717) is 12.1 Å². The van der Waals surface area contributed by atoms with Crippen molar-refractivity contribution in [2.45, 2.75) is 25.9 Å². The molecule has 0 aliphatic heterocycles. The summed E-state index contributed by atoms with van der Waals surface area (Å²) in [5.74, 6) is 0. The Balaban J connectivity index is 1.94. The monoisotopic (exact) mass is 460 g/mol. The molecule has 3 heteroatoms. The SMILES string of the molecule is C[C@@H](c1ccccc1)n1ccn([C@@H](C)c2ccccc2)[c]1=[W]. The molecular weight excluding hydrogens is 440 g/mol. The number of benzene rings is 2. The van der Waals surface area contributed by atoms with Gasteiger partial charge in [0.25, 0.3) is 0 Å². The molecule has 2 atom stereocenters. The standard InChI is InChI=1S/C19H20N2.W/c1-16(18-9-5-3-6-10-18)20-13-14-21(15-20)17(2)19-11-7-4-8-12-19;/h3-14,16-17H,1-2H3;/t16-,17-;/m0./s1. The van der Waals surface area contributed by atoms with Crippen LogP contribution in [0.15, 0.2) is 73.1 Å². The van der Waals surface area contributed by atoms with Gasteiger partial charge in [0.05, 0.1) is 0 Å². The van der Waals surface area contributed by atoms with Crippen LogP contribution >= 0.6 is 0 Å². The molecular formula is C19H20N2W. The van der Waals surface area contributed by atoms with Crippen LogP contribution < -0.4 is 0 Å². The molecule has 3 aromatic rings. The Labute approximate surface area is 142 Å². The first-order valence-corrected chi connectivity index (χ1v) is 9.04. The molecule has 112 valence electrons. The van der Waals surface area contributed by atoms with Crippen molar-refractivity contribution in [1.29, 1.82) is 0 Å². The first-order valence-electron chi connectivity index (χ1n) is 7.57. The zero-order chi connectivity index (χ0) is 15.5. The Morgan fingerprint density at radius 1 is 0.682 bits per heavy atom. The predicted octanol–water partition coefficient (Wildman–Crippen LogP) is 4.59. The van der Waals surface area contributed by atoms with E-state index in [1.807, 2.05) is 0 Å². The third-order valence-electron chi connectivity index (χ3n) is 4.23. The van der Waals surface area contributed by atoms with Gasteiger partial charge in [0.15, 0.2) is 0 Å². The van der Waals surface area contributed by atoms with Crippen molar-refractivity contribution in [1.82, 2.24) is 9.13 Å². The minimum atomic E-state index is 0.359. The van der Waals surface area contributed by atoms with Gasteiger partial charge < -0.3 is 0 Å². The number of aromatic nitrogens is 2. The molecule has 22 heavy (non-hydrogen) atoms. The molecule has 2 nitrogen and oxygen atoms in total. The van der Waals surface area contributed by atoms with Crippen LogP contribution in [0.2, 0.25) is 0 Å². The van der Waals surface area contributed by atoms with Gasteiger partial charge in [0, 0.05) is 0 Å². The summed E-state index contributed by atoms with van der Waals surface area (Å²) in [7, 11) is 0. The molecule has 0 saturated carbocycles. The summed E-state index contributed by atoms with van der Waals surface area (Å²) in [5, 5.41) is 0. The van der Waals surface area contributed by atoms with E-state index in [4.69, 9.17) is 0 Å². The fraction of sp³-hybridized carbons (Fsp3) is 0.211. The molecule has 0 unspecified atom stereocenters. The summed E-state index contributed by atoms with van der Waals surface area (Å²) < 4.78 is 6.11. The molecule has 2 aromatic carbocycles. The molecule has 0 aliphatic carbocycles. The van der Waals surface area contributed by atoms with E-state index in [1.165, 1.54) is 34.3 Å². The number of hydrogen-bond donors (Lipinski definition) is 0. The van der Waals surface area contributed by atoms with Crippen molar-refractivity contribution < 1.29 is 19.4 Å². The van der Waals surface area contributed by atoms with Crippen LogP contribution in [0.3, 0.4) is 0 Å². The van der Waals surface area contributed by atoms with Crippen LogP contribution in [0.4, 0.5) is 0 Å². The molecule has 0 N–H and O–H groups in total. The summed E-state index contributed by atoms with van der Waals surface area (Å²) in [6, 6.07) is 22.1. The normalized spacial score (nSPS) is 13.7. The van der Waals surface area contributed by atoms with Gasteiger partial charge in [-0.25, -0.2) is 0 Å². The molecule has 0 radical (unpaired) electrons. The summed E-state index contributed by atoms with van der Waals surface area (Å²) in [5.41, 5.74) is 2.69. The van der Waals surface area contributed by atoms with E-state index in [9.17, 15) is 0 Å². The predicted molar refractivity (Wildman–Crippen MR) is 86.2 cm³/mol. The van der Waals surface area contributed by atoms with Gasteiger partial charge in [-0.05, 0) is 0 Å². The number of imidazole rings is 1. The molecule has 3 rings (SSSR count). The van der Waals surface area contributed by atoms with Crippen LogP contribution in [-0.4, -0.2) is 9.13 Å². The van der Waals surface area contributed by atoms with E-state index in [1.54, 1.807) is 0 Å². The Bertz CT molecular complexity index is 721. The molecule has 0 spiro atoms. The number of hydrogen-bond acceptors (Lipinski definition) is 0. The third-order valence-corrected chi connectivity index (χ3v) is 5.74. The topological polar surface area (TPSA) is 9.86 Å². The molecule has 1 heterocycles. The average Bonchev–Trinajstić information content (AvgIpc) is 2.96. The van der Waals surface area contributed by atoms with Crippen molar-refractivity contribution in [3.63, 3.8) is 0 Å². The van der Waals surface area contributed by atoms with E-state index < -0.39 is 0 Å². The quantitative estimate of drug-likeness (QED) is 0.540. The second-order valence-electron chi connectivity index (χ2n) is 5.57. The van der Waals surface area contributed by atoms with Crippen molar-refractivity contribution in [3.05, 3.63) is 88.0 Å². The van der Waals surface area contributed by atoms with E-state index in [0.717, 1.165) is 0 Å². The summed E-state index contributed by atoms with van der Waals surface area (Å²) in [6.45, 7) is 4.53. The first-order chi connectivity index (χ1) is 10.7. The Kier molecular flexibility index (Phi) is 4.59. The van der Waals surface area contributed by atoms with Gasteiger partial charge >= 0.3 is 142 Å². The van der Waals surface area contributed by atoms with Crippen molar-refractivity contribution in [2.24, 2.45) is 0 Å². The van der Waals surface area contributed by atoms with Crippen LogP contribution in [0.5, 0.6) is 0 Å². The minimum absolute atomic E-state index is 0.359. The fourth-order valence-electron chi connectivity index (χ4n) is 2.78. The second-order valence-corrected chi connectivity index (χ2v) is 6.88. The van der Waals surface area contributed by atoms with Crippen molar-refractivity contribution >= 4 is 0 Å². The molecule has 1 aromatic heterocycles. The van der Waals surface area contributed by atoms with Gasteiger partial charge in [-0.3, -0.25) is 0 Å². The molecule has 0 aliphatic rings. The summed E-state index contributed by atoms with van der Waals surface area (Å²) in [6.07, 6.45) is 4.42. The Hall–Kier alpha value is -1.66. The Morgan fingerprint density at radius 2 is 1.05 bits per heavy atom. The number of nitrogens with zero attached hydrogens (tertiary/aromatic N) is 2. The van der Waals surface area contributed by atoms with Gasteiger partial charge in [-0.1, -0.05) is 0 Å². The summed E-state index contributed by atoms with van der Waals surface area (Å²) >= 11 is 1.49. The van der Waals surface area contributed by atoms with Crippen molar-refractivity contribution in [3.8, 4) is 0 Å². The molecule has 0 amide bonds. The van der Waals surface area contributed by atoms with Gasteiger partial charge in [-0.15, -0.1) is 0 Å². The fourth-order valence-corrected chi connectivity index (χ4v) is 4.35. The van der Waals surface area contributed by atoms with E-state index in [-0.39, 0.29) is 0 Å². The van der Waals surface area contributed by atoms with E-state index in [2.05, 4.69) is 96.0 Å². The molecule has 0 saturated heterocycles. The van der Waals surface area contributed by atoms with Crippen LogP contribution in [0.1, 0.15) is 37.1 Å².